The highest BCUT2D eigenvalue weighted by Gasteiger charge is 2.33. The Labute approximate surface area is 155 Å². The van der Waals surface area contributed by atoms with E-state index in [1.165, 1.54) is 24.3 Å². The summed E-state index contributed by atoms with van der Waals surface area (Å²) in [6.07, 6.45) is -1.67. The van der Waals surface area contributed by atoms with Gasteiger partial charge in [-0.3, -0.25) is 9.69 Å². The second-order valence-electron chi connectivity index (χ2n) is 6.38. The minimum absolute atomic E-state index is 0.155. The number of amides is 1. The zero-order valence-corrected chi connectivity index (χ0v) is 15.4. The molecule has 0 spiro atoms. The van der Waals surface area contributed by atoms with E-state index in [2.05, 4.69) is 10.2 Å². The average molecular weight is 391 g/mol. The van der Waals surface area contributed by atoms with Crippen LogP contribution >= 0.6 is 11.6 Å². The van der Waals surface area contributed by atoms with Crippen molar-refractivity contribution in [3.63, 3.8) is 0 Å². The summed E-state index contributed by atoms with van der Waals surface area (Å²) in [5.74, 6) is -0.358. The quantitative estimate of drug-likeness (QED) is 0.781. The molecule has 1 aromatic rings. The predicted octanol–water partition coefficient (Wildman–Crippen LogP) is 3.60. The van der Waals surface area contributed by atoms with Gasteiger partial charge in [0.05, 0.1) is 22.8 Å². The first-order chi connectivity index (χ1) is 12.1. The number of halogens is 4. The molecule has 144 valence electrons. The van der Waals surface area contributed by atoms with E-state index in [0.29, 0.717) is 13.1 Å². The molecule has 26 heavy (non-hydrogen) atoms. The summed E-state index contributed by atoms with van der Waals surface area (Å²) in [6, 6.07) is 3.52. The number of carbonyl (C=O) groups excluding carboxylic acids is 1. The van der Waals surface area contributed by atoms with Crippen molar-refractivity contribution in [2.75, 3.05) is 26.2 Å². The van der Waals surface area contributed by atoms with Crippen LogP contribution in [0.5, 0.6) is 0 Å². The zero-order chi connectivity index (χ0) is 19.3. The first-order valence-corrected chi connectivity index (χ1v) is 8.73. The smallest absolute Gasteiger partial charge is 0.373 e. The first-order valence-electron chi connectivity index (χ1n) is 8.35. The summed E-state index contributed by atoms with van der Waals surface area (Å²) in [7, 11) is 0. The van der Waals surface area contributed by atoms with Gasteiger partial charge in [0.2, 0.25) is 5.91 Å². The predicted molar refractivity (Wildman–Crippen MR) is 94.9 cm³/mol. The Morgan fingerprint density at radius 3 is 2.62 bits per heavy atom. The Hall–Kier alpha value is -1.57. The minimum Gasteiger partial charge on any atom is -0.373 e. The van der Waals surface area contributed by atoms with Gasteiger partial charge in [-0.05, 0) is 37.6 Å². The lowest BCUT2D eigenvalue weighted by Gasteiger charge is -2.35. The number of alkyl halides is 3. The number of nitrogens with one attached hydrogen (secondary N) is 1. The van der Waals surface area contributed by atoms with E-state index < -0.39 is 11.7 Å². The molecule has 2 rings (SSSR count). The van der Waals surface area contributed by atoms with E-state index in [0.717, 1.165) is 19.2 Å². The SMILES string of the molecule is C[C@@H]1CN(CCNC(=O)/C=C/c2ccc(Cl)c(C(F)(F)F)c2)C[C@H](C)O1. The van der Waals surface area contributed by atoms with Gasteiger partial charge in [-0.2, -0.15) is 13.2 Å². The fourth-order valence-corrected chi connectivity index (χ4v) is 3.12. The van der Waals surface area contributed by atoms with Crippen molar-refractivity contribution in [1.29, 1.82) is 0 Å². The number of nitrogens with zero attached hydrogens (tertiary/aromatic N) is 1. The first kappa shape index (κ1) is 20.7. The van der Waals surface area contributed by atoms with Crippen molar-refractivity contribution in [3.8, 4) is 0 Å². The van der Waals surface area contributed by atoms with Crippen LogP contribution in [0.25, 0.3) is 6.08 Å². The molecule has 1 aliphatic heterocycles. The van der Waals surface area contributed by atoms with Gasteiger partial charge in [0.15, 0.2) is 0 Å². The van der Waals surface area contributed by atoms with Gasteiger partial charge in [0.1, 0.15) is 0 Å². The van der Waals surface area contributed by atoms with Gasteiger partial charge in [-0.1, -0.05) is 17.7 Å². The normalized spacial score (nSPS) is 21.9. The van der Waals surface area contributed by atoms with E-state index in [1.807, 2.05) is 13.8 Å². The number of benzene rings is 1. The highest BCUT2D eigenvalue weighted by Crippen LogP contribution is 2.35. The van der Waals surface area contributed by atoms with Crippen molar-refractivity contribution < 1.29 is 22.7 Å². The van der Waals surface area contributed by atoms with Crippen LogP contribution in [0.3, 0.4) is 0 Å². The number of rotatable bonds is 5. The number of ether oxygens (including phenoxy) is 1. The fourth-order valence-electron chi connectivity index (χ4n) is 2.90. The molecule has 1 heterocycles. The molecule has 8 heteroatoms. The maximum Gasteiger partial charge on any atom is 0.417 e. The summed E-state index contributed by atoms with van der Waals surface area (Å²) in [5.41, 5.74) is -0.662. The maximum atomic E-state index is 12.8. The topological polar surface area (TPSA) is 41.6 Å². The molecule has 1 fully saturated rings. The highest BCUT2D eigenvalue weighted by molar-refractivity contribution is 6.31. The third-order valence-electron chi connectivity index (χ3n) is 3.95. The fraction of sp³-hybridized carbons (Fsp3) is 0.500. The molecular weight excluding hydrogens is 369 g/mol. The molecule has 0 aliphatic carbocycles. The van der Waals surface area contributed by atoms with Crippen LogP contribution in [0, 0.1) is 0 Å². The van der Waals surface area contributed by atoms with Gasteiger partial charge in [-0.15, -0.1) is 0 Å². The molecule has 2 atom stereocenters. The standard InChI is InChI=1S/C18H22ClF3N2O2/c1-12-10-24(11-13(2)26-12)8-7-23-17(25)6-4-14-3-5-16(19)15(9-14)18(20,21)22/h3-6,9,12-13H,7-8,10-11H2,1-2H3,(H,23,25)/b6-4+/t12-,13+. The van der Waals surface area contributed by atoms with Crippen molar-refractivity contribution >= 4 is 23.6 Å². The number of hydrogen-bond acceptors (Lipinski definition) is 3. The lowest BCUT2D eigenvalue weighted by molar-refractivity contribution is -0.137. The van der Waals surface area contributed by atoms with Crippen molar-refractivity contribution in [1.82, 2.24) is 10.2 Å². The van der Waals surface area contributed by atoms with Crippen molar-refractivity contribution in [2.24, 2.45) is 0 Å². The van der Waals surface area contributed by atoms with Gasteiger partial charge in [0, 0.05) is 32.3 Å². The molecule has 1 amide bonds. The van der Waals surface area contributed by atoms with Crippen LogP contribution in [0.2, 0.25) is 5.02 Å². The Kier molecular flexibility index (Phi) is 7.08. The molecule has 0 bridgehead atoms. The molecule has 0 unspecified atom stereocenters. The summed E-state index contributed by atoms with van der Waals surface area (Å²) >= 11 is 5.57. The Morgan fingerprint density at radius 2 is 2.00 bits per heavy atom. The van der Waals surface area contributed by atoms with E-state index in [-0.39, 0.29) is 28.7 Å². The molecule has 0 aromatic heterocycles. The molecule has 1 N–H and O–H groups in total. The molecule has 0 saturated carbocycles. The van der Waals surface area contributed by atoms with Crippen LogP contribution in [-0.4, -0.2) is 49.2 Å². The van der Waals surface area contributed by atoms with E-state index in [4.69, 9.17) is 16.3 Å². The number of morpholine rings is 1. The van der Waals surface area contributed by atoms with Crippen molar-refractivity contribution in [2.45, 2.75) is 32.2 Å². The third-order valence-corrected chi connectivity index (χ3v) is 4.28. The molecule has 1 saturated heterocycles. The summed E-state index contributed by atoms with van der Waals surface area (Å²) in [4.78, 5) is 14.1. The van der Waals surface area contributed by atoms with Crippen LogP contribution in [0.4, 0.5) is 13.2 Å². The van der Waals surface area contributed by atoms with Crippen molar-refractivity contribution in [3.05, 3.63) is 40.4 Å². The lowest BCUT2D eigenvalue weighted by atomic mass is 10.1. The number of hydrogen-bond donors (Lipinski definition) is 1. The van der Waals surface area contributed by atoms with Gasteiger partial charge in [-0.25, -0.2) is 0 Å². The van der Waals surface area contributed by atoms with Gasteiger partial charge in [0.25, 0.3) is 0 Å². The molecular formula is C18H22ClF3N2O2. The van der Waals surface area contributed by atoms with E-state index in [9.17, 15) is 18.0 Å². The van der Waals surface area contributed by atoms with Gasteiger partial charge >= 0.3 is 6.18 Å². The summed E-state index contributed by atoms with van der Waals surface area (Å²) in [6.45, 7) is 6.77. The summed E-state index contributed by atoms with van der Waals surface area (Å²) in [5, 5.41) is 2.36. The molecule has 0 radical (unpaired) electrons. The Morgan fingerprint density at radius 1 is 1.35 bits per heavy atom. The Bertz CT molecular complexity index is 654. The second-order valence-corrected chi connectivity index (χ2v) is 6.79. The van der Waals surface area contributed by atoms with Crippen LogP contribution in [0.15, 0.2) is 24.3 Å². The maximum absolute atomic E-state index is 12.8. The molecule has 4 nitrogen and oxygen atoms in total. The molecule has 1 aliphatic rings. The highest BCUT2D eigenvalue weighted by atomic mass is 35.5. The average Bonchev–Trinajstić information content (AvgIpc) is 2.52. The van der Waals surface area contributed by atoms with Crippen LogP contribution in [0.1, 0.15) is 25.0 Å². The van der Waals surface area contributed by atoms with Gasteiger partial charge < -0.3 is 10.1 Å². The van der Waals surface area contributed by atoms with E-state index >= 15 is 0 Å². The molecule has 1 aromatic carbocycles. The number of carbonyl (C=O) groups is 1. The Balaban J connectivity index is 1.84. The lowest BCUT2D eigenvalue weighted by Crippen LogP contribution is -2.47. The third kappa shape index (κ3) is 6.30. The summed E-state index contributed by atoms with van der Waals surface area (Å²) < 4.78 is 44.1. The minimum atomic E-state index is -4.53. The van der Waals surface area contributed by atoms with E-state index in [1.54, 1.807) is 0 Å². The largest absolute Gasteiger partial charge is 0.417 e. The second kappa shape index (κ2) is 8.88. The van der Waals surface area contributed by atoms with Crippen LogP contribution < -0.4 is 5.32 Å². The monoisotopic (exact) mass is 390 g/mol. The van der Waals surface area contributed by atoms with Crippen LogP contribution in [-0.2, 0) is 15.7 Å². The zero-order valence-electron chi connectivity index (χ0n) is 14.6.